The van der Waals surface area contributed by atoms with Crippen molar-refractivity contribution in [2.24, 2.45) is 5.73 Å². The molecule has 0 saturated carbocycles. The number of likely N-dealkylation sites (N-methyl/N-ethyl adjacent to an activating group) is 2. The monoisotopic (exact) mass is 231 g/mol. The van der Waals surface area contributed by atoms with Crippen LogP contribution in [0.2, 0.25) is 0 Å². The van der Waals surface area contributed by atoms with E-state index in [1.807, 2.05) is 19.0 Å². The third-order valence-electron chi connectivity index (χ3n) is 2.01. The van der Waals surface area contributed by atoms with Crippen LogP contribution in [0, 0.1) is 0 Å². The van der Waals surface area contributed by atoms with Crippen LogP contribution < -0.4 is 5.73 Å². The molecule has 0 heterocycles. The highest BCUT2D eigenvalue weighted by molar-refractivity contribution is 5.95. The van der Waals surface area contributed by atoms with Crippen LogP contribution in [0.15, 0.2) is 0 Å². The quantitative estimate of drug-likeness (QED) is 0.425. The van der Waals surface area contributed by atoms with Gasteiger partial charge >= 0.3 is 0 Å². The topological polar surface area (TPSA) is 75.9 Å². The standard InChI is InChI=1S/C10H21N3O3/c1-12(2)4-6-16-7-5-13(3)10(15)8-9(11)14/h4-8H2,1-3H3,(H2,11,14). The van der Waals surface area contributed by atoms with Crippen molar-refractivity contribution in [2.75, 3.05) is 47.4 Å². The van der Waals surface area contributed by atoms with Gasteiger partial charge in [-0.1, -0.05) is 0 Å². The Hall–Kier alpha value is -1.14. The molecule has 0 aromatic carbocycles. The Morgan fingerprint density at radius 1 is 1.12 bits per heavy atom. The summed E-state index contributed by atoms with van der Waals surface area (Å²) in [4.78, 5) is 25.3. The summed E-state index contributed by atoms with van der Waals surface area (Å²) in [5.74, 6) is -0.880. The van der Waals surface area contributed by atoms with Crippen molar-refractivity contribution in [3.8, 4) is 0 Å². The summed E-state index contributed by atoms with van der Waals surface area (Å²) in [5.41, 5.74) is 4.92. The van der Waals surface area contributed by atoms with Crippen molar-refractivity contribution in [3.05, 3.63) is 0 Å². The first-order valence-electron chi connectivity index (χ1n) is 5.18. The van der Waals surface area contributed by atoms with Crippen molar-refractivity contribution in [1.29, 1.82) is 0 Å². The Morgan fingerprint density at radius 3 is 2.19 bits per heavy atom. The van der Waals surface area contributed by atoms with Crippen LogP contribution in [0.25, 0.3) is 0 Å². The molecule has 0 aliphatic heterocycles. The number of hydrogen-bond acceptors (Lipinski definition) is 4. The van der Waals surface area contributed by atoms with Crippen LogP contribution in [-0.4, -0.2) is 69.1 Å². The van der Waals surface area contributed by atoms with Gasteiger partial charge in [-0.05, 0) is 14.1 Å². The minimum Gasteiger partial charge on any atom is -0.378 e. The summed E-state index contributed by atoms with van der Waals surface area (Å²) in [7, 11) is 5.55. The normalized spacial score (nSPS) is 10.5. The Balaban J connectivity index is 3.53. The number of ether oxygens (including phenoxy) is 1. The summed E-state index contributed by atoms with van der Waals surface area (Å²) in [6.07, 6.45) is -0.242. The molecule has 6 heteroatoms. The molecular formula is C10H21N3O3. The Labute approximate surface area is 96.3 Å². The fourth-order valence-electron chi connectivity index (χ4n) is 0.959. The van der Waals surface area contributed by atoms with Gasteiger partial charge in [-0.25, -0.2) is 0 Å². The predicted octanol–water partition coefficient (Wildman–Crippen LogP) is -1.10. The molecule has 0 unspecified atom stereocenters. The fourth-order valence-corrected chi connectivity index (χ4v) is 0.959. The molecule has 0 aliphatic carbocycles. The Morgan fingerprint density at radius 2 is 1.69 bits per heavy atom. The Kier molecular flexibility index (Phi) is 7.49. The van der Waals surface area contributed by atoms with Crippen LogP contribution in [0.4, 0.5) is 0 Å². The van der Waals surface area contributed by atoms with E-state index in [-0.39, 0.29) is 12.3 Å². The molecule has 0 bridgehead atoms. The number of nitrogens with two attached hydrogens (primary N) is 1. The zero-order chi connectivity index (χ0) is 12.6. The summed E-state index contributed by atoms with van der Waals surface area (Å²) in [5, 5.41) is 0. The van der Waals surface area contributed by atoms with Crippen molar-refractivity contribution in [2.45, 2.75) is 6.42 Å². The third-order valence-corrected chi connectivity index (χ3v) is 2.01. The number of rotatable bonds is 8. The zero-order valence-corrected chi connectivity index (χ0v) is 10.2. The number of nitrogens with zero attached hydrogens (tertiary/aromatic N) is 2. The van der Waals surface area contributed by atoms with E-state index in [4.69, 9.17) is 10.5 Å². The highest BCUT2D eigenvalue weighted by Crippen LogP contribution is 1.90. The molecule has 0 aromatic heterocycles. The van der Waals surface area contributed by atoms with Crippen molar-refractivity contribution < 1.29 is 14.3 Å². The predicted molar refractivity (Wildman–Crippen MR) is 60.8 cm³/mol. The molecule has 0 fully saturated rings. The average Bonchev–Trinajstić information content (AvgIpc) is 2.15. The maximum absolute atomic E-state index is 11.3. The zero-order valence-electron chi connectivity index (χ0n) is 10.2. The van der Waals surface area contributed by atoms with Crippen LogP contribution in [-0.2, 0) is 14.3 Å². The van der Waals surface area contributed by atoms with Gasteiger partial charge in [0.15, 0.2) is 0 Å². The third kappa shape index (κ3) is 8.19. The average molecular weight is 231 g/mol. The van der Waals surface area contributed by atoms with Crippen LogP contribution in [0.1, 0.15) is 6.42 Å². The van der Waals surface area contributed by atoms with Gasteiger partial charge in [0, 0.05) is 20.1 Å². The fraction of sp³-hybridized carbons (Fsp3) is 0.800. The molecule has 16 heavy (non-hydrogen) atoms. The van der Waals surface area contributed by atoms with E-state index in [2.05, 4.69) is 0 Å². The molecule has 0 radical (unpaired) electrons. The number of hydrogen-bond donors (Lipinski definition) is 1. The maximum atomic E-state index is 11.3. The number of carbonyl (C=O) groups is 2. The molecule has 0 saturated heterocycles. The van der Waals surface area contributed by atoms with Crippen molar-refractivity contribution in [3.63, 3.8) is 0 Å². The SMILES string of the molecule is CN(C)CCOCCN(C)C(=O)CC(N)=O. The first kappa shape index (κ1) is 14.9. The highest BCUT2D eigenvalue weighted by atomic mass is 16.5. The van der Waals surface area contributed by atoms with Gasteiger partial charge in [0.1, 0.15) is 6.42 Å². The van der Waals surface area contributed by atoms with E-state index in [1.165, 1.54) is 4.90 Å². The molecular weight excluding hydrogens is 210 g/mol. The molecule has 2 N–H and O–H groups in total. The summed E-state index contributed by atoms with van der Waals surface area (Å²) >= 11 is 0. The second-order valence-corrected chi connectivity index (χ2v) is 3.87. The molecule has 0 aromatic rings. The Bertz CT molecular complexity index is 231. The van der Waals surface area contributed by atoms with Gasteiger partial charge in [-0.15, -0.1) is 0 Å². The van der Waals surface area contributed by atoms with Crippen molar-refractivity contribution >= 4 is 11.8 Å². The summed E-state index contributed by atoms with van der Waals surface area (Å²) in [6.45, 7) is 2.41. The van der Waals surface area contributed by atoms with E-state index in [1.54, 1.807) is 7.05 Å². The summed E-state index contributed by atoms with van der Waals surface area (Å²) < 4.78 is 5.32. The van der Waals surface area contributed by atoms with Gasteiger partial charge in [-0.3, -0.25) is 9.59 Å². The minimum absolute atomic E-state index is 0.242. The maximum Gasteiger partial charge on any atom is 0.231 e. The van der Waals surface area contributed by atoms with Crippen LogP contribution in [0.3, 0.4) is 0 Å². The lowest BCUT2D eigenvalue weighted by Gasteiger charge is -2.16. The lowest BCUT2D eigenvalue weighted by molar-refractivity contribution is -0.134. The van der Waals surface area contributed by atoms with Gasteiger partial charge in [0.2, 0.25) is 11.8 Å². The van der Waals surface area contributed by atoms with Gasteiger partial charge in [0.05, 0.1) is 13.2 Å². The first-order valence-corrected chi connectivity index (χ1v) is 5.18. The highest BCUT2D eigenvalue weighted by Gasteiger charge is 2.10. The lowest BCUT2D eigenvalue weighted by Crippen LogP contribution is -2.33. The van der Waals surface area contributed by atoms with Crippen molar-refractivity contribution in [1.82, 2.24) is 9.80 Å². The van der Waals surface area contributed by atoms with Crippen LogP contribution >= 0.6 is 0 Å². The van der Waals surface area contributed by atoms with Gasteiger partial charge in [-0.2, -0.15) is 0 Å². The summed E-state index contributed by atoms with van der Waals surface area (Å²) in [6, 6.07) is 0. The number of primary amides is 1. The van der Waals surface area contributed by atoms with E-state index >= 15 is 0 Å². The van der Waals surface area contributed by atoms with Gasteiger partial charge in [0.25, 0.3) is 0 Å². The van der Waals surface area contributed by atoms with E-state index in [0.717, 1.165) is 6.54 Å². The van der Waals surface area contributed by atoms with Crippen LogP contribution in [0.5, 0.6) is 0 Å². The number of amides is 2. The molecule has 0 rings (SSSR count). The second-order valence-electron chi connectivity index (χ2n) is 3.87. The molecule has 0 spiro atoms. The van der Waals surface area contributed by atoms with E-state index in [0.29, 0.717) is 19.8 Å². The second kappa shape index (κ2) is 8.06. The van der Waals surface area contributed by atoms with E-state index in [9.17, 15) is 9.59 Å². The number of carbonyl (C=O) groups excluding carboxylic acids is 2. The van der Waals surface area contributed by atoms with Gasteiger partial charge < -0.3 is 20.3 Å². The molecule has 94 valence electrons. The lowest BCUT2D eigenvalue weighted by atomic mass is 10.3. The molecule has 2 amide bonds. The molecule has 6 nitrogen and oxygen atoms in total. The van der Waals surface area contributed by atoms with E-state index < -0.39 is 5.91 Å². The first-order chi connectivity index (χ1) is 7.43. The molecule has 0 aliphatic rings. The minimum atomic E-state index is -0.606. The smallest absolute Gasteiger partial charge is 0.231 e. The molecule has 0 atom stereocenters. The largest absolute Gasteiger partial charge is 0.378 e.